The van der Waals surface area contributed by atoms with Crippen molar-refractivity contribution in [3.8, 4) is 0 Å². The van der Waals surface area contributed by atoms with E-state index in [1.165, 1.54) is 33.3 Å². The molecular weight excluding hydrogens is 349 g/mol. The number of likely N-dealkylation sites (N-methyl/N-ethyl adjacent to an activating group) is 1. The highest BCUT2D eigenvalue weighted by atomic mass is 32.2. The van der Waals surface area contributed by atoms with Gasteiger partial charge in [-0.3, -0.25) is 9.59 Å². The minimum Gasteiger partial charge on any atom is -0.339 e. The van der Waals surface area contributed by atoms with Crippen molar-refractivity contribution in [3.05, 3.63) is 42.7 Å². The second kappa shape index (κ2) is 7.75. The molecule has 25 heavy (non-hydrogen) atoms. The van der Waals surface area contributed by atoms with Crippen LogP contribution in [0.4, 0.5) is 4.39 Å². The SMILES string of the molecule is C=CC(=O)N(C)CC(=O)N1CCN(S(=O)(=O)c2ccc(F)cc2)CC1. The number of halogens is 1. The Bertz CT molecular complexity index is 756. The average Bonchev–Trinajstić information content (AvgIpc) is 2.61. The lowest BCUT2D eigenvalue weighted by Crippen LogP contribution is -2.52. The van der Waals surface area contributed by atoms with Gasteiger partial charge in [-0.15, -0.1) is 0 Å². The zero-order valence-electron chi connectivity index (χ0n) is 13.9. The molecule has 0 N–H and O–H groups in total. The van der Waals surface area contributed by atoms with Crippen molar-refractivity contribution >= 4 is 21.8 Å². The Morgan fingerprint density at radius 3 is 2.28 bits per heavy atom. The molecule has 0 aromatic heterocycles. The zero-order chi connectivity index (χ0) is 18.6. The van der Waals surface area contributed by atoms with Crippen molar-refractivity contribution in [1.29, 1.82) is 0 Å². The maximum absolute atomic E-state index is 13.0. The zero-order valence-corrected chi connectivity index (χ0v) is 14.7. The Kier molecular flexibility index (Phi) is 5.91. The van der Waals surface area contributed by atoms with Gasteiger partial charge in [-0.05, 0) is 30.3 Å². The lowest BCUT2D eigenvalue weighted by Gasteiger charge is -2.34. The second-order valence-electron chi connectivity index (χ2n) is 5.64. The van der Waals surface area contributed by atoms with Crippen LogP contribution in [0.5, 0.6) is 0 Å². The van der Waals surface area contributed by atoms with E-state index in [1.807, 2.05) is 0 Å². The third-order valence-electron chi connectivity index (χ3n) is 3.97. The standard InChI is InChI=1S/C16H20FN3O4S/c1-3-15(21)18(2)12-16(22)19-8-10-20(11-9-19)25(23,24)14-6-4-13(17)5-7-14/h3-7H,1,8-12H2,2H3. The number of amides is 2. The average molecular weight is 369 g/mol. The van der Waals surface area contributed by atoms with Gasteiger partial charge < -0.3 is 9.80 Å². The molecule has 9 heteroatoms. The van der Waals surface area contributed by atoms with Gasteiger partial charge in [0.15, 0.2) is 0 Å². The molecule has 0 unspecified atom stereocenters. The van der Waals surface area contributed by atoms with Crippen molar-refractivity contribution in [3.63, 3.8) is 0 Å². The second-order valence-corrected chi connectivity index (χ2v) is 7.58. The first-order valence-electron chi connectivity index (χ1n) is 7.66. The molecule has 0 bridgehead atoms. The molecule has 0 saturated carbocycles. The number of piperazine rings is 1. The predicted molar refractivity (Wildman–Crippen MR) is 89.6 cm³/mol. The third-order valence-corrected chi connectivity index (χ3v) is 5.88. The largest absolute Gasteiger partial charge is 0.339 e. The first-order valence-corrected chi connectivity index (χ1v) is 9.10. The highest BCUT2D eigenvalue weighted by Gasteiger charge is 2.30. The summed E-state index contributed by atoms with van der Waals surface area (Å²) in [6, 6.07) is 4.63. The van der Waals surface area contributed by atoms with E-state index in [2.05, 4.69) is 6.58 Å². The molecule has 1 fully saturated rings. The first-order chi connectivity index (χ1) is 11.8. The van der Waals surface area contributed by atoms with Crippen molar-refractivity contribution in [2.24, 2.45) is 0 Å². The summed E-state index contributed by atoms with van der Waals surface area (Å²) in [5.74, 6) is -1.12. The minimum absolute atomic E-state index is 0.0185. The van der Waals surface area contributed by atoms with E-state index in [-0.39, 0.29) is 49.4 Å². The van der Waals surface area contributed by atoms with E-state index in [0.29, 0.717) is 0 Å². The van der Waals surface area contributed by atoms with Gasteiger partial charge in [-0.1, -0.05) is 6.58 Å². The summed E-state index contributed by atoms with van der Waals surface area (Å²) >= 11 is 0. The molecule has 0 spiro atoms. The first kappa shape index (κ1) is 19.1. The molecule has 136 valence electrons. The molecule has 1 saturated heterocycles. The molecule has 0 atom stereocenters. The topological polar surface area (TPSA) is 78.0 Å². The number of hydrogen-bond acceptors (Lipinski definition) is 4. The van der Waals surface area contributed by atoms with E-state index in [9.17, 15) is 22.4 Å². The van der Waals surface area contributed by atoms with Crippen LogP contribution < -0.4 is 0 Å². The van der Waals surface area contributed by atoms with Gasteiger partial charge in [0.05, 0.1) is 11.4 Å². The Balaban J connectivity index is 1.97. The van der Waals surface area contributed by atoms with Gasteiger partial charge in [0.2, 0.25) is 21.8 Å². The van der Waals surface area contributed by atoms with Crippen LogP contribution in [-0.4, -0.2) is 74.1 Å². The predicted octanol–water partition coefficient (Wildman–Crippen LogP) is 0.303. The van der Waals surface area contributed by atoms with E-state index in [1.54, 1.807) is 0 Å². The minimum atomic E-state index is -3.72. The smallest absolute Gasteiger partial charge is 0.246 e. The lowest BCUT2D eigenvalue weighted by molar-refractivity contribution is -0.138. The molecule has 2 rings (SSSR count). The number of carbonyl (C=O) groups is 2. The van der Waals surface area contributed by atoms with Crippen LogP contribution in [0.15, 0.2) is 41.8 Å². The van der Waals surface area contributed by atoms with Crippen LogP contribution in [0.25, 0.3) is 0 Å². The summed E-state index contributed by atoms with van der Waals surface area (Å²) in [5.41, 5.74) is 0. The summed E-state index contributed by atoms with van der Waals surface area (Å²) < 4.78 is 39.3. The Labute approximate surface area is 146 Å². The maximum atomic E-state index is 13.0. The highest BCUT2D eigenvalue weighted by molar-refractivity contribution is 7.89. The summed E-state index contributed by atoms with van der Waals surface area (Å²) in [4.78, 5) is 26.4. The summed E-state index contributed by atoms with van der Waals surface area (Å²) in [6.07, 6.45) is 1.13. The number of sulfonamides is 1. The van der Waals surface area contributed by atoms with Crippen molar-refractivity contribution < 1.29 is 22.4 Å². The molecular formula is C16H20FN3O4S. The third kappa shape index (κ3) is 4.43. The van der Waals surface area contributed by atoms with Crippen molar-refractivity contribution in [2.45, 2.75) is 4.90 Å². The molecule has 0 aliphatic carbocycles. The fourth-order valence-corrected chi connectivity index (χ4v) is 3.89. The quantitative estimate of drug-likeness (QED) is 0.700. The van der Waals surface area contributed by atoms with Crippen molar-refractivity contribution in [2.75, 3.05) is 39.8 Å². The van der Waals surface area contributed by atoms with E-state index >= 15 is 0 Å². The molecule has 0 radical (unpaired) electrons. The number of rotatable bonds is 5. The number of carbonyl (C=O) groups excluding carboxylic acids is 2. The van der Waals surface area contributed by atoms with Crippen LogP contribution in [0.2, 0.25) is 0 Å². The summed E-state index contributed by atoms with van der Waals surface area (Å²) in [7, 11) is -2.22. The number of benzene rings is 1. The Morgan fingerprint density at radius 1 is 1.20 bits per heavy atom. The van der Waals surface area contributed by atoms with E-state index < -0.39 is 15.8 Å². The normalized spacial score (nSPS) is 15.7. The van der Waals surface area contributed by atoms with Crippen molar-refractivity contribution in [1.82, 2.24) is 14.1 Å². The molecule has 7 nitrogen and oxygen atoms in total. The lowest BCUT2D eigenvalue weighted by atomic mass is 10.3. The van der Waals surface area contributed by atoms with Gasteiger partial charge in [-0.25, -0.2) is 12.8 Å². The molecule has 1 aliphatic heterocycles. The maximum Gasteiger partial charge on any atom is 0.246 e. The Morgan fingerprint density at radius 2 is 1.76 bits per heavy atom. The van der Waals surface area contributed by atoms with E-state index in [4.69, 9.17) is 0 Å². The van der Waals surface area contributed by atoms with Gasteiger partial charge in [0, 0.05) is 33.2 Å². The van der Waals surface area contributed by atoms with E-state index in [0.717, 1.165) is 18.2 Å². The van der Waals surface area contributed by atoms with Crippen LogP contribution in [0, 0.1) is 5.82 Å². The fraction of sp³-hybridized carbons (Fsp3) is 0.375. The van der Waals surface area contributed by atoms with Gasteiger partial charge in [-0.2, -0.15) is 4.31 Å². The molecule has 1 aromatic rings. The molecule has 1 aromatic carbocycles. The summed E-state index contributed by atoms with van der Waals surface area (Å²) in [6.45, 7) is 4.02. The highest BCUT2D eigenvalue weighted by Crippen LogP contribution is 2.18. The fourth-order valence-electron chi connectivity index (χ4n) is 2.47. The van der Waals surface area contributed by atoms with Crippen LogP contribution >= 0.6 is 0 Å². The number of nitrogens with zero attached hydrogens (tertiary/aromatic N) is 3. The monoisotopic (exact) mass is 369 g/mol. The van der Waals surface area contributed by atoms with Gasteiger partial charge in [0.1, 0.15) is 5.82 Å². The number of hydrogen-bond donors (Lipinski definition) is 0. The van der Waals surface area contributed by atoms with Crippen LogP contribution in [-0.2, 0) is 19.6 Å². The van der Waals surface area contributed by atoms with Crippen LogP contribution in [0.1, 0.15) is 0 Å². The molecule has 1 heterocycles. The molecule has 1 aliphatic rings. The Hall–Kier alpha value is -2.26. The van der Waals surface area contributed by atoms with Crippen LogP contribution in [0.3, 0.4) is 0 Å². The van der Waals surface area contributed by atoms with Gasteiger partial charge in [0.25, 0.3) is 0 Å². The molecule has 2 amide bonds. The van der Waals surface area contributed by atoms with Gasteiger partial charge >= 0.3 is 0 Å². The summed E-state index contributed by atoms with van der Waals surface area (Å²) in [5, 5.41) is 0.